The fourth-order valence-electron chi connectivity index (χ4n) is 2.91. The molecule has 148 valence electrons. The molecule has 1 aliphatic heterocycles. The highest BCUT2D eigenvalue weighted by Crippen LogP contribution is 2.21. The Bertz CT molecular complexity index is 769. The molecular weight excluding hydrogens is 366 g/mol. The molecule has 1 aliphatic rings. The quantitative estimate of drug-likeness (QED) is 0.731. The first-order valence-corrected chi connectivity index (χ1v) is 10.6. The van der Waals surface area contributed by atoms with Gasteiger partial charge in [-0.25, -0.2) is 8.42 Å². The summed E-state index contributed by atoms with van der Waals surface area (Å²) in [7, 11) is -3.52. The lowest BCUT2D eigenvalue weighted by molar-refractivity contribution is -0.131. The van der Waals surface area contributed by atoms with E-state index in [9.17, 15) is 18.0 Å². The van der Waals surface area contributed by atoms with E-state index in [0.717, 1.165) is 5.56 Å². The van der Waals surface area contributed by atoms with Gasteiger partial charge in [-0.3, -0.25) is 9.59 Å². The average Bonchev–Trinajstić information content (AvgIpc) is 2.67. The lowest BCUT2D eigenvalue weighted by Crippen LogP contribution is -2.49. The van der Waals surface area contributed by atoms with Crippen LogP contribution in [-0.2, 0) is 19.6 Å². The Morgan fingerprint density at radius 2 is 1.85 bits per heavy atom. The van der Waals surface area contributed by atoms with Gasteiger partial charge in [0, 0.05) is 31.0 Å². The summed E-state index contributed by atoms with van der Waals surface area (Å²) in [5, 5.41) is 6.57. The van der Waals surface area contributed by atoms with E-state index < -0.39 is 16.1 Å². The molecule has 7 nitrogen and oxygen atoms in total. The van der Waals surface area contributed by atoms with Crippen LogP contribution >= 0.6 is 0 Å². The predicted octanol–water partition coefficient (Wildman–Crippen LogP) is 1.34. The summed E-state index contributed by atoms with van der Waals surface area (Å²) < 4.78 is 26.3. The molecule has 0 unspecified atom stereocenters. The minimum Gasteiger partial charge on any atom is -0.355 e. The van der Waals surface area contributed by atoms with Crippen molar-refractivity contribution in [2.24, 2.45) is 5.92 Å². The maximum Gasteiger partial charge on any atom is 0.242 e. The highest BCUT2D eigenvalue weighted by molar-refractivity contribution is 7.92. The van der Waals surface area contributed by atoms with Crippen LogP contribution in [0.3, 0.4) is 0 Å². The fourth-order valence-corrected chi connectivity index (χ4v) is 4.13. The van der Waals surface area contributed by atoms with Crippen LogP contribution in [0, 0.1) is 5.92 Å². The van der Waals surface area contributed by atoms with Gasteiger partial charge in [0.05, 0.1) is 0 Å². The molecule has 1 fully saturated rings. The first kappa shape index (κ1) is 21.1. The molecule has 27 heavy (non-hydrogen) atoms. The summed E-state index contributed by atoms with van der Waals surface area (Å²) in [5.74, 6) is -0.714. The van der Waals surface area contributed by atoms with Crippen LogP contribution in [0.25, 0.3) is 6.08 Å². The van der Waals surface area contributed by atoms with Crippen LogP contribution < -0.4 is 10.6 Å². The predicted molar refractivity (Wildman–Crippen MR) is 105 cm³/mol. The van der Waals surface area contributed by atoms with E-state index >= 15 is 0 Å². The van der Waals surface area contributed by atoms with Gasteiger partial charge < -0.3 is 10.6 Å². The zero-order valence-electron chi connectivity index (χ0n) is 15.7. The van der Waals surface area contributed by atoms with Crippen LogP contribution in [0.15, 0.2) is 35.7 Å². The number of rotatable bonds is 7. The molecule has 2 rings (SSSR count). The van der Waals surface area contributed by atoms with E-state index in [1.54, 1.807) is 13.0 Å². The summed E-state index contributed by atoms with van der Waals surface area (Å²) >= 11 is 0. The minimum absolute atomic E-state index is 0.203. The lowest BCUT2D eigenvalue weighted by Gasteiger charge is -2.30. The highest BCUT2D eigenvalue weighted by atomic mass is 32.2. The van der Waals surface area contributed by atoms with Gasteiger partial charge in [0.25, 0.3) is 0 Å². The highest BCUT2D eigenvalue weighted by Gasteiger charge is 2.31. The second-order valence-electron chi connectivity index (χ2n) is 6.56. The number of likely N-dealkylation sites (N-methyl/N-ethyl adjacent to an activating group) is 1. The van der Waals surface area contributed by atoms with Crippen molar-refractivity contribution in [2.75, 3.05) is 19.6 Å². The summed E-state index contributed by atoms with van der Waals surface area (Å²) in [6.07, 6.45) is 2.45. The molecule has 0 spiro atoms. The van der Waals surface area contributed by atoms with Crippen LogP contribution in [0.1, 0.15) is 32.3 Å². The first-order chi connectivity index (χ1) is 12.8. The van der Waals surface area contributed by atoms with Crippen molar-refractivity contribution >= 4 is 27.9 Å². The van der Waals surface area contributed by atoms with Crippen molar-refractivity contribution in [1.29, 1.82) is 0 Å². The van der Waals surface area contributed by atoms with E-state index in [2.05, 4.69) is 10.6 Å². The van der Waals surface area contributed by atoms with Gasteiger partial charge in [0.2, 0.25) is 21.8 Å². The molecule has 1 atom stereocenters. The van der Waals surface area contributed by atoms with E-state index in [0.29, 0.717) is 19.4 Å². The average molecular weight is 394 g/mol. The van der Waals surface area contributed by atoms with Crippen molar-refractivity contribution in [2.45, 2.75) is 32.7 Å². The Kier molecular flexibility index (Phi) is 7.55. The SMILES string of the molecule is CCNC(=O)[C@H](C)NC(=O)C1CCN(S(=O)(=O)/C=C/c2ccccc2)CC1. The maximum absolute atomic E-state index is 12.5. The molecule has 1 heterocycles. The number of nitrogens with one attached hydrogen (secondary N) is 2. The minimum atomic E-state index is -3.52. The van der Waals surface area contributed by atoms with Crippen molar-refractivity contribution in [3.05, 3.63) is 41.3 Å². The number of sulfonamides is 1. The molecule has 0 saturated carbocycles. The van der Waals surface area contributed by atoms with Crippen molar-refractivity contribution in [3.8, 4) is 0 Å². The zero-order valence-corrected chi connectivity index (χ0v) is 16.5. The summed E-state index contributed by atoms with van der Waals surface area (Å²) in [5.41, 5.74) is 0.815. The van der Waals surface area contributed by atoms with Crippen LogP contribution in [0.4, 0.5) is 0 Å². The Hall–Kier alpha value is -2.19. The summed E-state index contributed by atoms with van der Waals surface area (Å²) in [6, 6.07) is 8.62. The van der Waals surface area contributed by atoms with Gasteiger partial charge in [-0.15, -0.1) is 0 Å². The second-order valence-corrected chi connectivity index (χ2v) is 8.38. The fraction of sp³-hybridized carbons (Fsp3) is 0.474. The molecule has 8 heteroatoms. The van der Waals surface area contributed by atoms with E-state index in [4.69, 9.17) is 0 Å². The molecule has 2 amide bonds. The molecule has 2 N–H and O–H groups in total. The van der Waals surface area contributed by atoms with Crippen LogP contribution in [0.2, 0.25) is 0 Å². The lowest BCUT2D eigenvalue weighted by atomic mass is 9.97. The smallest absolute Gasteiger partial charge is 0.242 e. The molecular formula is C19H27N3O4S. The van der Waals surface area contributed by atoms with Gasteiger partial charge in [-0.1, -0.05) is 30.3 Å². The number of nitrogens with zero attached hydrogens (tertiary/aromatic N) is 1. The second kappa shape index (κ2) is 9.66. The first-order valence-electron chi connectivity index (χ1n) is 9.15. The maximum atomic E-state index is 12.5. The third-order valence-electron chi connectivity index (χ3n) is 4.52. The zero-order chi connectivity index (χ0) is 19.9. The molecule has 0 aliphatic carbocycles. The number of carbonyl (C=O) groups excluding carboxylic acids is 2. The monoisotopic (exact) mass is 393 g/mol. The van der Waals surface area contributed by atoms with E-state index in [-0.39, 0.29) is 30.8 Å². The largest absolute Gasteiger partial charge is 0.355 e. The number of amides is 2. The topological polar surface area (TPSA) is 95.6 Å². The van der Waals surface area contributed by atoms with Crippen molar-refractivity contribution in [3.63, 3.8) is 0 Å². The van der Waals surface area contributed by atoms with Crippen LogP contribution in [-0.4, -0.2) is 50.2 Å². The van der Waals surface area contributed by atoms with Gasteiger partial charge >= 0.3 is 0 Å². The molecule has 0 bridgehead atoms. The third-order valence-corrected chi connectivity index (χ3v) is 6.08. The molecule has 1 aromatic carbocycles. The number of hydrogen-bond donors (Lipinski definition) is 2. The van der Waals surface area contributed by atoms with E-state index in [1.165, 1.54) is 9.71 Å². The summed E-state index contributed by atoms with van der Waals surface area (Å²) in [6.45, 7) is 4.53. The molecule has 0 aromatic heterocycles. The van der Waals surface area contributed by atoms with Crippen molar-refractivity contribution in [1.82, 2.24) is 14.9 Å². The van der Waals surface area contributed by atoms with Gasteiger partial charge in [0.1, 0.15) is 6.04 Å². The Labute approximate surface area is 160 Å². The molecule has 0 radical (unpaired) electrons. The van der Waals surface area contributed by atoms with Gasteiger partial charge in [-0.05, 0) is 38.3 Å². The Morgan fingerprint density at radius 1 is 1.22 bits per heavy atom. The van der Waals surface area contributed by atoms with Crippen LogP contribution in [0.5, 0.6) is 0 Å². The molecule has 1 saturated heterocycles. The third kappa shape index (κ3) is 6.18. The summed E-state index contributed by atoms with van der Waals surface area (Å²) in [4.78, 5) is 24.0. The van der Waals surface area contributed by atoms with Gasteiger partial charge in [-0.2, -0.15) is 4.31 Å². The Morgan fingerprint density at radius 3 is 2.44 bits per heavy atom. The Balaban J connectivity index is 1.87. The molecule has 1 aromatic rings. The van der Waals surface area contributed by atoms with E-state index in [1.807, 2.05) is 37.3 Å². The van der Waals surface area contributed by atoms with Gasteiger partial charge in [0.15, 0.2) is 0 Å². The number of hydrogen-bond acceptors (Lipinski definition) is 4. The van der Waals surface area contributed by atoms with Crippen molar-refractivity contribution < 1.29 is 18.0 Å². The number of piperidine rings is 1. The standard InChI is InChI=1S/C19H27N3O4S/c1-3-20-18(23)15(2)21-19(24)17-9-12-22(13-10-17)27(25,26)14-11-16-7-5-4-6-8-16/h4-8,11,14-15,17H,3,9-10,12-13H2,1-2H3,(H,20,23)(H,21,24)/b14-11+/t15-/m0/s1. The number of benzene rings is 1. The number of carbonyl (C=O) groups is 2. The normalized spacial score (nSPS) is 17.6.